The number of esters is 1. The fraction of sp³-hybridized carbons (Fsp3) is 0.400. The first kappa shape index (κ1) is 25.5. The molecule has 6 nitrogen and oxygen atoms in total. The molecule has 0 saturated heterocycles. The molecule has 0 aliphatic heterocycles. The molecule has 2 aromatic carbocycles. The topological polar surface area (TPSA) is 84.5 Å². The van der Waals surface area contributed by atoms with Gasteiger partial charge in [0.2, 0.25) is 11.8 Å². The summed E-state index contributed by atoms with van der Waals surface area (Å²) in [5.74, 6) is -0.327. The van der Waals surface area contributed by atoms with Crippen molar-refractivity contribution < 1.29 is 19.1 Å². The van der Waals surface area contributed by atoms with Crippen LogP contribution in [0, 0.1) is 5.41 Å². The molecule has 2 aromatic rings. The highest BCUT2D eigenvalue weighted by Gasteiger charge is 2.16. The van der Waals surface area contributed by atoms with E-state index in [1.807, 2.05) is 52.0 Å². The summed E-state index contributed by atoms with van der Waals surface area (Å²) >= 11 is 1.38. The molecule has 0 bridgehead atoms. The van der Waals surface area contributed by atoms with Gasteiger partial charge in [-0.25, -0.2) is 4.79 Å². The zero-order chi connectivity index (χ0) is 23.6. The second kappa shape index (κ2) is 12.3. The maximum absolute atomic E-state index is 12.3. The smallest absolute Gasteiger partial charge is 0.338 e. The maximum Gasteiger partial charge on any atom is 0.338 e. The molecule has 0 aromatic heterocycles. The molecule has 0 heterocycles. The fourth-order valence-corrected chi connectivity index (χ4v) is 3.53. The van der Waals surface area contributed by atoms with Crippen LogP contribution >= 0.6 is 11.8 Å². The molecule has 0 saturated carbocycles. The highest BCUT2D eigenvalue weighted by molar-refractivity contribution is 8.00. The number of carbonyl (C=O) groups is 3. The molecule has 0 fully saturated rings. The van der Waals surface area contributed by atoms with Crippen molar-refractivity contribution in [2.24, 2.45) is 5.41 Å². The van der Waals surface area contributed by atoms with E-state index in [1.54, 1.807) is 24.3 Å². The van der Waals surface area contributed by atoms with Crippen molar-refractivity contribution in [1.29, 1.82) is 0 Å². The average molecular weight is 457 g/mol. The Morgan fingerprint density at radius 3 is 2.28 bits per heavy atom. The number of nitrogens with one attached hydrogen (secondary N) is 2. The van der Waals surface area contributed by atoms with Gasteiger partial charge in [0.05, 0.1) is 17.9 Å². The Hall–Kier alpha value is -2.80. The average Bonchev–Trinajstić information content (AvgIpc) is 2.72. The van der Waals surface area contributed by atoms with E-state index in [4.69, 9.17) is 4.74 Å². The molecule has 7 heteroatoms. The Morgan fingerprint density at radius 1 is 0.938 bits per heavy atom. The van der Waals surface area contributed by atoms with E-state index < -0.39 is 0 Å². The lowest BCUT2D eigenvalue weighted by atomic mass is 9.92. The van der Waals surface area contributed by atoms with E-state index in [2.05, 4.69) is 10.6 Å². The molecule has 32 heavy (non-hydrogen) atoms. The van der Waals surface area contributed by atoms with Gasteiger partial charge in [-0.05, 0) is 54.3 Å². The third kappa shape index (κ3) is 9.56. The van der Waals surface area contributed by atoms with E-state index in [-0.39, 0.29) is 29.0 Å². The molecule has 2 N–H and O–H groups in total. The van der Waals surface area contributed by atoms with Crippen molar-refractivity contribution in [2.45, 2.75) is 51.9 Å². The van der Waals surface area contributed by atoms with Crippen LogP contribution in [0.25, 0.3) is 0 Å². The lowest BCUT2D eigenvalue weighted by Crippen LogP contribution is -2.19. The summed E-state index contributed by atoms with van der Waals surface area (Å²) in [5.41, 5.74) is 1.70. The molecule has 0 aliphatic rings. The standard InChI is InChI=1S/C25H32N2O4S/c1-5-6-14-31-24(30)18-10-12-19(13-11-18)26-23(29)17-32-21-9-7-8-20(15-21)27-22(28)16-25(2,3)4/h7-13,15H,5-6,14,16-17H2,1-4H3,(H,26,29)(H,27,28). The molecule has 0 unspecified atom stereocenters. The highest BCUT2D eigenvalue weighted by Crippen LogP contribution is 2.24. The van der Waals surface area contributed by atoms with Gasteiger partial charge in [-0.2, -0.15) is 0 Å². The highest BCUT2D eigenvalue weighted by atomic mass is 32.2. The minimum absolute atomic E-state index is 0.0323. The molecule has 0 atom stereocenters. The van der Waals surface area contributed by atoms with Gasteiger partial charge in [-0.15, -0.1) is 11.8 Å². The molecule has 2 rings (SSSR count). The molecular formula is C25H32N2O4S. The minimum Gasteiger partial charge on any atom is -0.462 e. The molecule has 0 radical (unpaired) electrons. The van der Waals surface area contributed by atoms with E-state index in [0.717, 1.165) is 17.7 Å². The van der Waals surface area contributed by atoms with Gasteiger partial charge in [0.15, 0.2) is 0 Å². The van der Waals surface area contributed by atoms with Crippen LogP contribution in [0.3, 0.4) is 0 Å². The van der Waals surface area contributed by atoms with E-state index in [1.165, 1.54) is 11.8 Å². The van der Waals surface area contributed by atoms with Gasteiger partial charge in [-0.3, -0.25) is 9.59 Å². The number of anilines is 2. The summed E-state index contributed by atoms with van der Waals surface area (Å²) in [5, 5.41) is 5.73. The van der Waals surface area contributed by atoms with E-state index in [9.17, 15) is 14.4 Å². The molecule has 0 aliphatic carbocycles. The van der Waals surface area contributed by atoms with Crippen molar-refractivity contribution in [1.82, 2.24) is 0 Å². The molecule has 0 spiro atoms. The number of rotatable bonds is 10. The zero-order valence-electron chi connectivity index (χ0n) is 19.2. The van der Waals surface area contributed by atoms with Crippen LogP contribution in [0.2, 0.25) is 0 Å². The van der Waals surface area contributed by atoms with Gasteiger partial charge in [0, 0.05) is 22.7 Å². The number of carbonyl (C=O) groups excluding carboxylic acids is 3. The van der Waals surface area contributed by atoms with Crippen molar-refractivity contribution in [2.75, 3.05) is 23.0 Å². The largest absolute Gasteiger partial charge is 0.462 e. The third-order valence-electron chi connectivity index (χ3n) is 4.31. The van der Waals surface area contributed by atoms with Crippen molar-refractivity contribution in [3.8, 4) is 0 Å². The first-order chi connectivity index (χ1) is 15.2. The van der Waals surface area contributed by atoms with E-state index in [0.29, 0.717) is 30.0 Å². The van der Waals surface area contributed by atoms with Crippen LogP contribution in [0.4, 0.5) is 11.4 Å². The summed E-state index contributed by atoms with van der Waals surface area (Å²) in [4.78, 5) is 37.3. The lowest BCUT2D eigenvalue weighted by molar-refractivity contribution is -0.118. The third-order valence-corrected chi connectivity index (χ3v) is 5.31. The van der Waals surface area contributed by atoms with Crippen molar-refractivity contribution in [3.63, 3.8) is 0 Å². The van der Waals surface area contributed by atoms with Gasteiger partial charge in [0.25, 0.3) is 0 Å². The Balaban J connectivity index is 1.83. The Kier molecular flexibility index (Phi) is 9.78. The second-order valence-corrected chi connectivity index (χ2v) is 9.77. The van der Waals surface area contributed by atoms with Crippen LogP contribution in [0.15, 0.2) is 53.4 Å². The molecular weight excluding hydrogens is 424 g/mol. The monoisotopic (exact) mass is 456 g/mol. The number of amides is 2. The van der Waals surface area contributed by atoms with Gasteiger partial charge < -0.3 is 15.4 Å². The van der Waals surface area contributed by atoms with Crippen LogP contribution in [-0.2, 0) is 14.3 Å². The SMILES string of the molecule is CCCCOC(=O)c1ccc(NC(=O)CSc2cccc(NC(=O)CC(C)(C)C)c2)cc1. The normalized spacial score (nSPS) is 11.0. The lowest BCUT2D eigenvalue weighted by Gasteiger charge is -2.17. The van der Waals surface area contributed by atoms with Crippen LogP contribution in [-0.4, -0.2) is 30.1 Å². The number of thioether (sulfide) groups is 1. The quantitative estimate of drug-likeness (QED) is 0.270. The predicted molar refractivity (Wildman–Crippen MR) is 130 cm³/mol. The zero-order valence-corrected chi connectivity index (χ0v) is 20.0. The number of hydrogen-bond acceptors (Lipinski definition) is 5. The fourth-order valence-electron chi connectivity index (χ4n) is 2.78. The summed E-state index contributed by atoms with van der Waals surface area (Å²) in [6.45, 7) is 8.50. The van der Waals surface area contributed by atoms with Crippen LogP contribution in [0.1, 0.15) is 57.3 Å². The first-order valence-corrected chi connectivity index (χ1v) is 11.7. The summed E-state index contributed by atoms with van der Waals surface area (Å²) in [6.07, 6.45) is 2.23. The maximum atomic E-state index is 12.3. The van der Waals surface area contributed by atoms with Crippen LogP contribution in [0.5, 0.6) is 0 Å². The number of hydrogen-bond donors (Lipinski definition) is 2. The Labute approximate surface area is 194 Å². The summed E-state index contributed by atoms with van der Waals surface area (Å²) in [7, 11) is 0. The number of benzene rings is 2. The second-order valence-electron chi connectivity index (χ2n) is 8.72. The predicted octanol–water partition coefficient (Wildman–Crippen LogP) is 5.75. The molecule has 2 amide bonds. The number of ether oxygens (including phenoxy) is 1. The van der Waals surface area contributed by atoms with Crippen LogP contribution < -0.4 is 10.6 Å². The Morgan fingerprint density at radius 2 is 1.62 bits per heavy atom. The minimum atomic E-state index is -0.360. The van der Waals surface area contributed by atoms with E-state index >= 15 is 0 Å². The van der Waals surface area contributed by atoms with Crippen molar-refractivity contribution in [3.05, 3.63) is 54.1 Å². The first-order valence-electron chi connectivity index (χ1n) is 10.8. The van der Waals surface area contributed by atoms with Gasteiger partial charge in [0.1, 0.15) is 0 Å². The van der Waals surface area contributed by atoms with Gasteiger partial charge in [-0.1, -0.05) is 40.2 Å². The van der Waals surface area contributed by atoms with Crippen molar-refractivity contribution >= 4 is 40.9 Å². The van der Waals surface area contributed by atoms with Gasteiger partial charge >= 0.3 is 5.97 Å². The summed E-state index contributed by atoms with van der Waals surface area (Å²) in [6, 6.07) is 14.1. The summed E-state index contributed by atoms with van der Waals surface area (Å²) < 4.78 is 5.18. The Bertz CT molecular complexity index is 920. The molecule has 172 valence electrons. The number of unbranched alkanes of at least 4 members (excludes halogenated alkanes) is 1.